The van der Waals surface area contributed by atoms with Crippen LogP contribution in [0.3, 0.4) is 0 Å². The lowest BCUT2D eigenvalue weighted by Gasteiger charge is -2.27. The zero-order valence-electron chi connectivity index (χ0n) is 19.3. The molecule has 3 rings (SSSR count). The number of amides is 1. The molecule has 0 N–H and O–H groups in total. The van der Waals surface area contributed by atoms with E-state index in [-0.39, 0.29) is 12.7 Å². The van der Waals surface area contributed by atoms with E-state index < -0.39 is 17.3 Å². The second-order valence-corrected chi connectivity index (χ2v) is 9.11. The van der Waals surface area contributed by atoms with Crippen molar-refractivity contribution in [1.82, 2.24) is 4.90 Å². The predicted molar refractivity (Wildman–Crippen MR) is 121 cm³/mol. The van der Waals surface area contributed by atoms with Crippen molar-refractivity contribution in [3.63, 3.8) is 0 Å². The molecule has 33 heavy (non-hydrogen) atoms. The quantitative estimate of drug-likeness (QED) is 0.537. The number of hydrogen-bond donors (Lipinski definition) is 0. The van der Waals surface area contributed by atoms with Crippen LogP contribution in [-0.2, 0) is 17.5 Å². The Hall–Kier alpha value is -2.90. The molecular weight excluding hydrogens is 433 g/mol. The van der Waals surface area contributed by atoms with Gasteiger partial charge in [-0.1, -0.05) is 24.3 Å². The van der Waals surface area contributed by atoms with Crippen molar-refractivity contribution in [2.24, 2.45) is 0 Å². The third-order valence-electron chi connectivity index (χ3n) is 5.21. The molecule has 0 spiro atoms. The third kappa shape index (κ3) is 7.30. The number of ether oxygens (including phenoxy) is 2. The molecule has 0 saturated heterocycles. The summed E-state index contributed by atoms with van der Waals surface area (Å²) < 4.78 is 51.0. The Bertz CT molecular complexity index is 941. The molecule has 0 unspecified atom stereocenters. The molecule has 2 aromatic carbocycles. The highest BCUT2D eigenvalue weighted by atomic mass is 19.4. The minimum Gasteiger partial charge on any atom is -0.490 e. The first-order chi connectivity index (χ1) is 15.5. The highest BCUT2D eigenvalue weighted by molar-refractivity contribution is 5.68. The summed E-state index contributed by atoms with van der Waals surface area (Å²) in [5, 5.41) is 0. The summed E-state index contributed by atoms with van der Waals surface area (Å²) >= 11 is 0. The third-order valence-corrected chi connectivity index (χ3v) is 5.21. The van der Waals surface area contributed by atoms with Gasteiger partial charge < -0.3 is 19.3 Å². The normalized spacial score (nSPS) is 15.8. The molecule has 2 aromatic rings. The van der Waals surface area contributed by atoms with Crippen molar-refractivity contribution in [2.45, 2.75) is 51.9 Å². The van der Waals surface area contributed by atoms with E-state index in [2.05, 4.69) is 0 Å². The predicted octanol–water partition coefficient (Wildman–Crippen LogP) is 6.12. The molecule has 1 aliphatic rings. The zero-order valence-corrected chi connectivity index (χ0v) is 19.3. The number of halogens is 3. The minimum absolute atomic E-state index is 0.285. The van der Waals surface area contributed by atoms with Crippen LogP contribution in [0.4, 0.5) is 23.7 Å². The number of benzene rings is 2. The molecule has 0 aromatic heterocycles. The smallest absolute Gasteiger partial charge is 0.416 e. The average Bonchev–Trinajstić information content (AvgIpc) is 2.76. The van der Waals surface area contributed by atoms with E-state index in [1.807, 2.05) is 49.9 Å². The van der Waals surface area contributed by atoms with Gasteiger partial charge in [-0.2, -0.15) is 13.2 Å². The van der Waals surface area contributed by atoms with Gasteiger partial charge in [0.1, 0.15) is 18.0 Å². The maximum atomic E-state index is 13.2. The summed E-state index contributed by atoms with van der Waals surface area (Å²) in [5.74, 6) is 0.635. The molecule has 0 bridgehead atoms. The summed E-state index contributed by atoms with van der Waals surface area (Å²) in [6, 6.07) is 12.9. The van der Waals surface area contributed by atoms with Crippen molar-refractivity contribution < 1.29 is 27.4 Å². The van der Waals surface area contributed by atoms with E-state index in [0.717, 1.165) is 24.6 Å². The zero-order chi connectivity index (χ0) is 24.1. The van der Waals surface area contributed by atoms with Gasteiger partial charge in [-0.25, -0.2) is 4.79 Å². The Labute approximate surface area is 193 Å². The molecule has 1 heterocycles. The largest absolute Gasteiger partial charge is 0.490 e. The summed E-state index contributed by atoms with van der Waals surface area (Å²) in [7, 11) is 0. The van der Waals surface area contributed by atoms with Gasteiger partial charge in [0, 0.05) is 19.6 Å². The lowest BCUT2D eigenvalue weighted by atomic mass is 10.1. The molecule has 8 heteroatoms. The number of hydrogen-bond acceptors (Lipinski definition) is 4. The second-order valence-electron chi connectivity index (χ2n) is 9.11. The fraction of sp³-hybridized carbons (Fsp3) is 0.480. The molecule has 1 amide bonds. The second kappa shape index (κ2) is 10.4. The van der Waals surface area contributed by atoms with E-state index >= 15 is 0 Å². The number of carbonyl (C=O) groups excluding carboxylic acids is 1. The molecule has 1 aliphatic heterocycles. The van der Waals surface area contributed by atoms with Gasteiger partial charge in [0.05, 0.1) is 17.8 Å². The Morgan fingerprint density at radius 1 is 1.00 bits per heavy atom. The molecule has 0 fully saturated rings. The Balaban J connectivity index is 1.79. The van der Waals surface area contributed by atoms with Crippen molar-refractivity contribution in [3.8, 4) is 5.75 Å². The van der Waals surface area contributed by atoms with Gasteiger partial charge in [-0.15, -0.1) is 0 Å². The SMILES string of the molecule is CC(C)(C)OC(=O)N1CCCCN(Cc2cccc(C(F)(F)F)c2)c2ccccc2OCC1. The van der Waals surface area contributed by atoms with E-state index in [1.54, 1.807) is 11.0 Å². The van der Waals surface area contributed by atoms with Crippen LogP contribution in [0.15, 0.2) is 48.5 Å². The van der Waals surface area contributed by atoms with Crippen LogP contribution >= 0.6 is 0 Å². The fourth-order valence-electron chi connectivity index (χ4n) is 3.68. The van der Waals surface area contributed by atoms with E-state index in [0.29, 0.717) is 37.5 Å². The van der Waals surface area contributed by atoms with Crippen LogP contribution in [0.25, 0.3) is 0 Å². The van der Waals surface area contributed by atoms with Gasteiger partial charge in [0.25, 0.3) is 0 Å². The van der Waals surface area contributed by atoms with Gasteiger partial charge in [-0.3, -0.25) is 0 Å². The molecular formula is C25H31F3N2O3. The molecule has 0 saturated carbocycles. The Morgan fingerprint density at radius 2 is 1.73 bits per heavy atom. The first-order valence-corrected chi connectivity index (χ1v) is 11.1. The van der Waals surface area contributed by atoms with E-state index in [4.69, 9.17) is 9.47 Å². The molecule has 180 valence electrons. The van der Waals surface area contributed by atoms with Crippen LogP contribution in [0.2, 0.25) is 0 Å². The van der Waals surface area contributed by atoms with Crippen LogP contribution in [0.5, 0.6) is 5.75 Å². The number of rotatable bonds is 2. The first-order valence-electron chi connectivity index (χ1n) is 11.1. The van der Waals surface area contributed by atoms with Gasteiger partial charge in [0.15, 0.2) is 0 Å². The number of para-hydroxylation sites is 2. The number of nitrogens with zero attached hydrogens (tertiary/aromatic N) is 2. The number of alkyl halides is 3. The summed E-state index contributed by atoms with van der Waals surface area (Å²) in [6.45, 7) is 7.61. The first kappa shape index (κ1) is 24.7. The Kier molecular flexibility index (Phi) is 7.76. The molecule has 0 aliphatic carbocycles. The van der Waals surface area contributed by atoms with Crippen LogP contribution in [0, 0.1) is 0 Å². The van der Waals surface area contributed by atoms with Crippen molar-refractivity contribution in [3.05, 3.63) is 59.7 Å². The van der Waals surface area contributed by atoms with E-state index in [9.17, 15) is 18.0 Å². The van der Waals surface area contributed by atoms with Crippen LogP contribution < -0.4 is 9.64 Å². The average molecular weight is 465 g/mol. The molecule has 0 radical (unpaired) electrons. The highest BCUT2D eigenvalue weighted by Gasteiger charge is 2.30. The molecule has 5 nitrogen and oxygen atoms in total. The van der Waals surface area contributed by atoms with E-state index in [1.165, 1.54) is 12.1 Å². The monoisotopic (exact) mass is 464 g/mol. The van der Waals surface area contributed by atoms with Crippen molar-refractivity contribution in [1.29, 1.82) is 0 Å². The van der Waals surface area contributed by atoms with Crippen LogP contribution in [-0.4, -0.2) is 42.8 Å². The lowest BCUT2D eigenvalue weighted by Crippen LogP contribution is -2.39. The van der Waals surface area contributed by atoms with Gasteiger partial charge in [0.2, 0.25) is 0 Å². The summed E-state index contributed by atoms with van der Waals surface area (Å²) in [4.78, 5) is 16.3. The summed E-state index contributed by atoms with van der Waals surface area (Å²) in [5.41, 5.74) is 0.152. The molecule has 0 atom stereocenters. The number of carbonyl (C=O) groups is 1. The summed E-state index contributed by atoms with van der Waals surface area (Å²) in [6.07, 6.45) is -3.27. The lowest BCUT2D eigenvalue weighted by molar-refractivity contribution is -0.137. The van der Waals surface area contributed by atoms with Crippen molar-refractivity contribution in [2.75, 3.05) is 31.1 Å². The number of fused-ring (bicyclic) bond motifs is 1. The van der Waals surface area contributed by atoms with Gasteiger partial charge >= 0.3 is 12.3 Å². The van der Waals surface area contributed by atoms with Crippen LogP contribution in [0.1, 0.15) is 44.7 Å². The van der Waals surface area contributed by atoms with Gasteiger partial charge in [-0.05, 0) is 63.4 Å². The maximum Gasteiger partial charge on any atom is 0.416 e. The Morgan fingerprint density at radius 3 is 2.45 bits per heavy atom. The highest BCUT2D eigenvalue weighted by Crippen LogP contribution is 2.32. The topological polar surface area (TPSA) is 42.0 Å². The van der Waals surface area contributed by atoms with Crippen molar-refractivity contribution >= 4 is 11.8 Å². The minimum atomic E-state index is -4.38. The number of anilines is 1. The standard InChI is InChI=1S/C25H31F3N2O3/c1-24(2,3)33-23(31)29-13-6-7-14-30(21-11-4-5-12-22(21)32-16-15-29)18-19-9-8-10-20(17-19)25(26,27)28/h4-5,8-12,17H,6-7,13-16,18H2,1-3H3. The maximum absolute atomic E-state index is 13.2. The fourth-order valence-corrected chi connectivity index (χ4v) is 3.68.